The average Bonchev–Trinajstić information content (AvgIpc) is 3.11. The summed E-state index contributed by atoms with van der Waals surface area (Å²) < 4.78 is 10.1. The number of carbonyl (C=O) groups excluding carboxylic acids is 2. The van der Waals surface area contributed by atoms with Crippen LogP contribution in [-0.2, 0) is 25.6 Å². The fourth-order valence-electron chi connectivity index (χ4n) is 2.87. The highest BCUT2D eigenvalue weighted by molar-refractivity contribution is 6.30. The van der Waals surface area contributed by atoms with Crippen molar-refractivity contribution >= 4 is 29.6 Å². The molecule has 1 unspecified atom stereocenters. The van der Waals surface area contributed by atoms with Crippen LogP contribution in [0, 0.1) is 6.92 Å². The van der Waals surface area contributed by atoms with E-state index in [1.54, 1.807) is 25.1 Å². The number of methoxy groups -OCH3 is 1. The Morgan fingerprint density at radius 1 is 1.43 bits per heavy atom. The number of aryl methyl sites for hydroxylation is 1. The molecule has 0 saturated carbocycles. The maximum absolute atomic E-state index is 12.7. The van der Waals surface area contributed by atoms with Crippen LogP contribution in [0.4, 0.5) is 0 Å². The number of nitrogens with zero attached hydrogens (tertiary/aromatic N) is 5. The summed E-state index contributed by atoms with van der Waals surface area (Å²) in [7, 11) is 1.29. The fourth-order valence-corrected chi connectivity index (χ4v) is 3.07. The molecule has 1 aliphatic rings. The first-order chi connectivity index (χ1) is 13.5. The Labute approximate surface area is 166 Å². The van der Waals surface area contributed by atoms with E-state index < -0.39 is 12.0 Å². The Morgan fingerprint density at radius 2 is 2.25 bits per heavy atom. The van der Waals surface area contributed by atoms with Gasteiger partial charge in [0.15, 0.2) is 11.9 Å². The lowest BCUT2D eigenvalue weighted by Gasteiger charge is -2.32. The number of tetrazole rings is 1. The zero-order valence-corrected chi connectivity index (χ0v) is 16.3. The molecule has 2 aromatic rings. The molecule has 3 rings (SSSR count). The van der Waals surface area contributed by atoms with E-state index >= 15 is 0 Å². The van der Waals surface area contributed by atoms with Crippen LogP contribution >= 0.6 is 11.6 Å². The van der Waals surface area contributed by atoms with Crippen molar-refractivity contribution in [3.05, 3.63) is 46.2 Å². The van der Waals surface area contributed by atoms with Crippen molar-refractivity contribution in [1.82, 2.24) is 25.1 Å². The largest absolute Gasteiger partial charge is 0.467 e. The SMILES string of the molecule is COC(=O)C1COCCN1C(=O)C=Cc1ccc(Cl)cc1Cn1nnc(C)n1. The number of aromatic nitrogens is 4. The van der Waals surface area contributed by atoms with Crippen molar-refractivity contribution in [2.45, 2.75) is 19.5 Å². The zero-order valence-electron chi connectivity index (χ0n) is 15.5. The first kappa shape index (κ1) is 20.0. The Balaban J connectivity index is 1.79. The van der Waals surface area contributed by atoms with Crippen LogP contribution in [0.25, 0.3) is 6.08 Å². The van der Waals surface area contributed by atoms with Gasteiger partial charge in [0.25, 0.3) is 0 Å². The summed E-state index contributed by atoms with van der Waals surface area (Å²) in [5, 5.41) is 12.5. The van der Waals surface area contributed by atoms with E-state index in [0.717, 1.165) is 11.1 Å². The van der Waals surface area contributed by atoms with Gasteiger partial charge >= 0.3 is 5.97 Å². The van der Waals surface area contributed by atoms with Crippen LogP contribution < -0.4 is 0 Å². The van der Waals surface area contributed by atoms with Crippen molar-refractivity contribution in [2.75, 3.05) is 26.9 Å². The van der Waals surface area contributed by atoms with Gasteiger partial charge in [-0.2, -0.15) is 4.80 Å². The summed E-state index contributed by atoms with van der Waals surface area (Å²) >= 11 is 6.11. The van der Waals surface area contributed by atoms with Crippen molar-refractivity contribution < 1.29 is 19.1 Å². The number of morpholine rings is 1. The monoisotopic (exact) mass is 405 g/mol. The summed E-state index contributed by atoms with van der Waals surface area (Å²) in [4.78, 5) is 27.4. The first-order valence-electron chi connectivity index (χ1n) is 8.65. The molecule has 2 heterocycles. The third-order valence-electron chi connectivity index (χ3n) is 4.26. The lowest BCUT2D eigenvalue weighted by Crippen LogP contribution is -2.52. The van der Waals surface area contributed by atoms with Gasteiger partial charge < -0.3 is 14.4 Å². The summed E-state index contributed by atoms with van der Waals surface area (Å²) in [5.74, 6) is -0.231. The molecule has 148 valence electrons. The van der Waals surface area contributed by atoms with Crippen molar-refractivity contribution in [3.63, 3.8) is 0 Å². The highest BCUT2D eigenvalue weighted by Gasteiger charge is 2.32. The third-order valence-corrected chi connectivity index (χ3v) is 4.50. The molecule has 1 amide bonds. The van der Waals surface area contributed by atoms with E-state index in [-0.39, 0.29) is 12.5 Å². The summed E-state index contributed by atoms with van der Waals surface area (Å²) in [6.07, 6.45) is 3.11. The number of carbonyl (C=O) groups is 2. The molecular weight excluding hydrogens is 386 g/mol. The number of hydrogen-bond donors (Lipinski definition) is 0. The molecule has 28 heavy (non-hydrogen) atoms. The molecule has 1 atom stereocenters. The smallest absolute Gasteiger partial charge is 0.331 e. The molecule has 0 aliphatic carbocycles. The molecule has 9 nitrogen and oxygen atoms in total. The highest BCUT2D eigenvalue weighted by atomic mass is 35.5. The number of halogens is 1. The van der Waals surface area contributed by atoms with Gasteiger partial charge in [0.1, 0.15) is 0 Å². The number of hydrogen-bond acceptors (Lipinski definition) is 7. The number of ether oxygens (including phenoxy) is 2. The van der Waals surface area contributed by atoms with E-state index in [1.807, 2.05) is 6.07 Å². The molecular formula is C18H20ClN5O4. The number of esters is 1. The molecule has 0 radical (unpaired) electrons. The maximum Gasteiger partial charge on any atom is 0.331 e. The highest BCUT2D eigenvalue weighted by Crippen LogP contribution is 2.19. The fraction of sp³-hybridized carbons (Fsp3) is 0.389. The Kier molecular flexibility index (Phi) is 6.37. The Morgan fingerprint density at radius 3 is 2.96 bits per heavy atom. The van der Waals surface area contributed by atoms with E-state index in [9.17, 15) is 9.59 Å². The van der Waals surface area contributed by atoms with Crippen LogP contribution in [0.1, 0.15) is 17.0 Å². The average molecular weight is 406 g/mol. The Bertz CT molecular complexity index is 898. The Hall–Kier alpha value is -2.78. The molecule has 1 saturated heterocycles. The van der Waals surface area contributed by atoms with E-state index in [0.29, 0.717) is 30.5 Å². The van der Waals surface area contributed by atoms with Gasteiger partial charge in [-0.15, -0.1) is 10.2 Å². The summed E-state index contributed by atoms with van der Waals surface area (Å²) in [6.45, 7) is 2.92. The van der Waals surface area contributed by atoms with Gasteiger partial charge in [-0.05, 0) is 41.5 Å². The summed E-state index contributed by atoms with van der Waals surface area (Å²) in [6, 6.07) is 4.59. The van der Waals surface area contributed by atoms with Crippen molar-refractivity contribution in [1.29, 1.82) is 0 Å². The molecule has 0 spiro atoms. The normalized spacial score (nSPS) is 17.1. The van der Waals surface area contributed by atoms with Gasteiger partial charge in [0.05, 0.1) is 26.9 Å². The molecule has 1 fully saturated rings. The van der Waals surface area contributed by atoms with Gasteiger partial charge in [-0.3, -0.25) is 4.79 Å². The van der Waals surface area contributed by atoms with Crippen molar-refractivity contribution in [3.8, 4) is 0 Å². The van der Waals surface area contributed by atoms with Crippen molar-refractivity contribution in [2.24, 2.45) is 0 Å². The molecule has 10 heteroatoms. The molecule has 1 aliphatic heterocycles. The predicted octanol–water partition coefficient (Wildman–Crippen LogP) is 1.10. The van der Waals surface area contributed by atoms with Gasteiger partial charge in [-0.25, -0.2) is 4.79 Å². The van der Waals surface area contributed by atoms with Crippen LogP contribution in [0.2, 0.25) is 5.02 Å². The van der Waals surface area contributed by atoms with Crippen LogP contribution in [-0.4, -0.2) is 69.9 Å². The third kappa shape index (κ3) is 4.73. The van der Waals surface area contributed by atoms with E-state index in [2.05, 4.69) is 15.4 Å². The zero-order chi connectivity index (χ0) is 20.1. The predicted molar refractivity (Wildman–Crippen MR) is 100 cm³/mol. The topological polar surface area (TPSA) is 99.4 Å². The van der Waals surface area contributed by atoms with Gasteiger partial charge in [0, 0.05) is 17.6 Å². The van der Waals surface area contributed by atoms with E-state index in [1.165, 1.54) is 22.9 Å². The van der Waals surface area contributed by atoms with Crippen LogP contribution in [0.3, 0.4) is 0 Å². The summed E-state index contributed by atoms with van der Waals surface area (Å²) in [5.41, 5.74) is 1.62. The maximum atomic E-state index is 12.7. The number of rotatable bonds is 5. The quantitative estimate of drug-likeness (QED) is 0.542. The van der Waals surface area contributed by atoms with E-state index in [4.69, 9.17) is 21.1 Å². The minimum absolute atomic E-state index is 0.121. The lowest BCUT2D eigenvalue weighted by atomic mass is 10.1. The second kappa shape index (κ2) is 8.94. The minimum atomic E-state index is -0.747. The standard InChI is InChI=1S/C18H20ClN5O4/c1-12-20-22-24(21-12)10-14-9-15(19)5-3-13(14)4-6-17(25)23-7-8-28-11-16(23)18(26)27-2/h3-6,9,16H,7-8,10-11H2,1-2H3. The minimum Gasteiger partial charge on any atom is -0.467 e. The first-order valence-corrected chi connectivity index (χ1v) is 9.03. The number of benzene rings is 1. The van der Waals surface area contributed by atoms with Crippen LogP contribution in [0.15, 0.2) is 24.3 Å². The van der Waals surface area contributed by atoms with Crippen LogP contribution in [0.5, 0.6) is 0 Å². The number of amides is 1. The molecule has 0 N–H and O–H groups in total. The second-order valence-corrected chi connectivity index (χ2v) is 6.63. The molecule has 1 aromatic carbocycles. The van der Waals surface area contributed by atoms with Gasteiger partial charge in [-0.1, -0.05) is 17.7 Å². The molecule has 0 bridgehead atoms. The van der Waals surface area contributed by atoms with Gasteiger partial charge in [0.2, 0.25) is 5.91 Å². The lowest BCUT2D eigenvalue weighted by molar-refractivity contribution is -0.158. The second-order valence-electron chi connectivity index (χ2n) is 6.19. The molecule has 1 aromatic heterocycles.